The minimum atomic E-state index is 0.575. The molecule has 4 heteroatoms. The monoisotopic (exact) mass is 319 g/mol. The molecule has 0 radical (unpaired) electrons. The van der Waals surface area contributed by atoms with Crippen LogP contribution in [-0.2, 0) is 5.88 Å². The van der Waals surface area contributed by atoms with Crippen LogP contribution in [0.4, 0.5) is 5.69 Å². The molecule has 1 aromatic carbocycles. The van der Waals surface area contributed by atoms with Crippen molar-refractivity contribution in [3.8, 4) is 0 Å². The first-order valence-corrected chi connectivity index (χ1v) is 7.79. The first-order chi connectivity index (χ1) is 7.70. The van der Waals surface area contributed by atoms with Gasteiger partial charge in [0.05, 0.1) is 5.69 Å². The van der Waals surface area contributed by atoms with Crippen molar-refractivity contribution < 1.29 is 0 Å². The lowest BCUT2D eigenvalue weighted by Gasteiger charge is -2.33. The lowest BCUT2D eigenvalue weighted by Crippen LogP contribution is -2.36. The van der Waals surface area contributed by atoms with Crippen molar-refractivity contribution in [2.24, 2.45) is 0 Å². The second-order valence-corrected chi connectivity index (χ2v) is 6.71. The van der Waals surface area contributed by atoms with Crippen LogP contribution in [0.2, 0.25) is 0 Å². The van der Waals surface area contributed by atoms with E-state index in [9.17, 15) is 0 Å². The molecule has 0 bridgehead atoms. The van der Waals surface area contributed by atoms with Gasteiger partial charge in [-0.1, -0.05) is 13.0 Å². The van der Waals surface area contributed by atoms with Crippen LogP contribution in [0, 0.1) is 0 Å². The van der Waals surface area contributed by atoms with Gasteiger partial charge in [0.2, 0.25) is 0 Å². The van der Waals surface area contributed by atoms with Crippen molar-refractivity contribution >= 4 is 45.0 Å². The van der Waals surface area contributed by atoms with Crippen molar-refractivity contribution in [1.29, 1.82) is 0 Å². The van der Waals surface area contributed by atoms with Gasteiger partial charge in [0.15, 0.2) is 0 Å². The zero-order valence-electron chi connectivity index (χ0n) is 9.25. The van der Waals surface area contributed by atoms with Crippen LogP contribution in [0.3, 0.4) is 0 Å². The van der Waals surface area contributed by atoms with E-state index in [0.717, 1.165) is 23.1 Å². The molecule has 0 saturated carbocycles. The second kappa shape index (κ2) is 5.65. The molecule has 1 nitrogen and oxygen atoms in total. The number of hydrogen-bond acceptors (Lipinski definition) is 2. The van der Waals surface area contributed by atoms with Gasteiger partial charge in [-0.25, -0.2) is 0 Å². The number of alkyl halides is 1. The Balaban J connectivity index is 2.19. The SMILES string of the molecule is CC1CN(c2ccc(CCl)cc2Br)CCS1. The molecule has 1 aliphatic heterocycles. The Hall–Kier alpha value is 0.140. The molecule has 0 aliphatic carbocycles. The zero-order valence-corrected chi connectivity index (χ0v) is 12.4. The van der Waals surface area contributed by atoms with Crippen molar-refractivity contribution in [1.82, 2.24) is 0 Å². The van der Waals surface area contributed by atoms with E-state index in [-0.39, 0.29) is 0 Å². The number of nitrogens with zero attached hydrogens (tertiary/aromatic N) is 1. The average Bonchev–Trinajstić information content (AvgIpc) is 2.28. The van der Waals surface area contributed by atoms with Crippen molar-refractivity contribution in [2.45, 2.75) is 18.1 Å². The minimum Gasteiger partial charge on any atom is -0.369 e. The van der Waals surface area contributed by atoms with Gasteiger partial charge in [-0.15, -0.1) is 11.6 Å². The van der Waals surface area contributed by atoms with Gasteiger partial charge in [-0.2, -0.15) is 11.8 Å². The van der Waals surface area contributed by atoms with Crippen LogP contribution in [-0.4, -0.2) is 24.1 Å². The summed E-state index contributed by atoms with van der Waals surface area (Å²) in [4.78, 5) is 2.45. The molecule has 2 rings (SSSR count). The van der Waals surface area contributed by atoms with E-state index in [4.69, 9.17) is 11.6 Å². The topological polar surface area (TPSA) is 3.24 Å². The van der Waals surface area contributed by atoms with E-state index in [1.165, 1.54) is 11.4 Å². The van der Waals surface area contributed by atoms with E-state index < -0.39 is 0 Å². The summed E-state index contributed by atoms with van der Waals surface area (Å²) >= 11 is 11.5. The first kappa shape index (κ1) is 12.6. The van der Waals surface area contributed by atoms with Crippen LogP contribution in [0.5, 0.6) is 0 Å². The number of anilines is 1. The van der Waals surface area contributed by atoms with Crippen LogP contribution in [0.1, 0.15) is 12.5 Å². The number of rotatable bonds is 2. The van der Waals surface area contributed by atoms with E-state index >= 15 is 0 Å². The fraction of sp³-hybridized carbons (Fsp3) is 0.500. The molecule has 0 aromatic heterocycles. The summed E-state index contributed by atoms with van der Waals surface area (Å²) in [5.41, 5.74) is 2.46. The molecule has 1 fully saturated rings. The number of benzene rings is 1. The molecule has 1 saturated heterocycles. The predicted octanol–water partition coefficient (Wildman–Crippen LogP) is 4.13. The molecular weight excluding hydrogens is 306 g/mol. The summed E-state index contributed by atoms with van der Waals surface area (Å²) in [6.45, 7) is 4.55. The highest BCUT2D eigenvalue weighted by Crippen LogP contribution is 2.31. The molecule has 1 atom stereocenters. The molecular formula is C12H15BrClNS. The summed E-state index contributed by atoms with van der Waals surface area (Å²) in [7, 11) is 0. The lowest BCUT2D eigenvalue weighted by molar-refractivity contribution is 0.781. The Morgan fingerprint density at radius 1 is 1.56 bits per heavy atom. The van der Waals surface area contributed by atoms with Crippen LogP contribution in [0.25, 0.3) is 0 Å². The molecule has 88 valence electrons. The molecule has 0 amide bonds. The van der Waals surface area contributed by atoms with Gasteiger partial charge in [0.1, 0.15) is 0 Å². The Kier molecular flexibility index (Phi) is 4.45. The van der Waals surface area contributed by atoms with E-state index in [0.29, 0.717) is 11.1 Å². The lowest BCUT2D eigenvalue weighted by atomic mass is 10.2. The normalized spacial score (nSPS) is 21.2. The van der Waals surface area contributed by atoms with Gasteiger partial charge in [0.25, 0.3) is 0 Å². The first-order valence-electron chi connectivity index (χ1n) is 5.41. The average molecular weight is 321 g/mol. The highest BCUT2D eigenvalue weighted by molar-refractivity contribution is 9.10. The van der Waals surface area contributed by atoms with E-state index in [2.05, 4.69) is 57.7 Å². The van der Waals surface area contributed by atoms with Gasteiger partial charge in [-0.05, 0) is 33.6 Å². The third kappa shape index (κ3) is 2.88. The van der Waals surface area contributed by atoms with Crippen molar-refractivity contribution in [2.75, 3.05) is 23.7 Å². The molecule has 1 unspecified atom stereocenters. The van der Waals surface area contributed by atoms with Crippen LogP contribution < -0.4 is 4.90 Å². The largest absolute Gasteiger partial charge is 0.369 e. The third-order valence-corrected chi connectivity index (χ3v) is 4.83. The maximum absolute atomic E-state index is 5.82. The van der Waals surface area contributed by atoms with Gasteiger partial charge >= 0.3 is 0 Å². The number of halogens is 2. The molecule has 16 heavy (non-hydrogen) atoms. The second-order valence-electron chi connectivity index (χ2n) is 4.05. The summed E-state index contributed by atoms with van der Waals surface area (Å²) in [6, 6.07) is 6.40. The molecule has 1 aliphatic rings. The van der Waals surface area contributed by atoms with Crippen molar-refractivity contribution in [3.05, 3.63) is 28.2 Å². The van der Waals surface area contributed by atoms with Crippen LogP contribution in [0.15, 0.2) is 22.7 Å². The fourth-order valence-electron chi connectivity index (χ4n) is 1.93. The molecule has 1 aromatic rings. The molecule has 0 spiro atoms. The van der Waals surface area contributed by atoms with Crippen LogP contribution >= 0.6 is 39.3 Å². The zero-order chi connectivity index (χ0) is 11.5. The van der Waals surface area contributed by atoms with Gasteiger partial charge in [-0.3, -0.25) is 0 Å². The Labute approximate surface area is 115 Å². The highest BCUT2D eigenvalue weighted by atomic mass is 79.9. The number of hydrogen-bond donors (Lipinski definition) is 0. The standard InChI is InChI=1S/C12H15BrClNS/c1-9-8-15(4-5-16-9)12-3-2-10(7-14)6-11(12)13/h2-3,6,9H,4-5,7-8H2,1H3. The van der Waals surface area contributed by atoms with E-state index in [1.54, 1.807) is 0 Å². The van der Waals surface area contributed by atoms with Gasteiger partial charge < -0.3 is 4.90 Å². The highest BCUT2D eigenvalue weighted by Gasteiger charge is 2.18. The quantitative estimate of drug-likeness (QED) is 0.754. The Morgan fingerprint density at radius 3 is 3.00 bits per heavy atom. The Morgan fingerprint density at radius 2 is 2.38 bits per heavy atom. The maximum Gasteiger partial charge on any atom is 0.0511 e. The third-order valence-electron chi connectivity index (χ3n) is 2.75. The minimum absolute atomic E-state index is 0.575. The van der Waals surface area contributed by atoms with E-state index in [1.807, 2.05) is 0 Å². The maximum atomic E-state index is 5.82. The summed E-state index contributed by atoms with van der Waals surface area (Å²) in [5, 5.41) is 0.716. The summed E-state index contributed by atoms with van der Waals surface area (Å²) in [6.07, 6.45) is 0. The molecule has 0 N–H and O–H groups in total. The predicted molar refractivity (Wildman–Crippen MR) is 77.8 cm³/mol. The smallest absolute Gasteiger partial charge is 0.0511 e. The van der Waals surface area contributed by atoms with Crippen molar-refractivity contribution in [3.63, 3.8) is 0 Å². The molecule has 1 heterocycles. The Bertz CT molecular complexity index is 372. The fourth-order valence-corrected chi connectivity index (χ4v) is 3.78. The van der Waals surface area contributed by atoms with Gasteiger partial charge in [0, 0.05) is 34.4 Å². The summed E-state index contributed by atoms with van der Waals surface area (Å²) < 4.78 is 1.16. The summed E-state index contributed by atoms with van der Waals surface area (Å²) in [5.74, 6) is 1.79. The number of thioether (sulfide) groups is 1.